The van der Waals surface area contributed by atoms with Crippen LogP contribution in [0.3, 0.4) is 0 Å². The maximum atomic E-state index is 5.53. The lowest BCUT2D eigenvalue weighted by molar-refractivity contribution is 0.473. The van der Waals surface area contributed by atoms with Gasteiger partial charge in [-0.3, -0.25) is 0 Å². The molecule has 0 fully saturated rings. The van der Waals surface area contributed by atoms with Crippen molar-refractivity contribution in [1.29, 1.82) is 0 Å². The minimum atomic E-state index is 0. The van der Waals surface area contributed by atoms with E-state index in [1.807, 2.05) is 20.8 Å². The van der Waals surface area contributed by atoms with E-state index in [4.69, 9.17) is 4.42 Å². The fourth-order valence-corrected chi connectivity index (χ4v) is 3.10. The molecule has 0 aliphatic heterocycles. The number of rotatable bonds is 5. The summed E-state index contributed by atoms with van der Waals surface area (Å²) in [6.07, 6.45) is 0. The third kappa shape index (κ3) is 5.88. The van der Waals surface area contributed by atoms with Crippen LogP contribution in [0.2, 0.25) is 0 Å². The Balaban J connectivity index is 0.00000242. The number of oxazole rings is 1. The van der Waals surface area contributed by atoms with Gasteiger partial charge in [-0.25, -0.2) is 9.98 Å². The smallest absolute Gasteiger partial charge is 0.216 e. The zero-order chi connectivity index (χ0) is 15.2. The molecule has 0 amide bonds. The molecule has 0 saturated heterocycles. The van der Waals surface area contributed by atoms with Crippen LogP contribution in [0, 0.1) is 13.8 Å². The van der Waals surface area contributed by atoms with Gasteiger partial charge < -0.3 is 15.1 Å². The fourth-order valence-electron chi connectivity index (χ4n) is 1.71. The highest BCUT2D eigenvalue weighted by atomic mass is 127. The standard InChI is InChI=1S/C14H19BrN4OS.HI/c1-4-16-14(17-6-12-5-11(15)8-21-12)18-7-13-19-9(2)10(3)20-13;/h5,8H,4,6-7H2,1-3H3,(H2,16,17,18);1H. The van der Waals surface area contributed by atoms with E-state index < -0.39 is 0 Å². The number of guanidine groups is 1. The quantitative estimate of drug-likeness (QED) is 0.371. The summed E-state index contributed by atoms with van der Waals surface area (Å²) in [5.41, 5.74) is 0.918. The lowest BCUT2D eigenvalue weighted by Gasteiger charge is -2.09. The molecule has 0 radical (unpaired) electrons. The molecule has 2 N–H and O–H groups in total. The largest absolute Gasteiger partial charge is 0.444 e. The third-order valence-electron chi connectivity index (χ3n) is 2.84. The van der Waals surface area contributed by atoms with Crippen LogP contribution in [0.4, 0.5) is 0 Å². The number of aryl methyl sites for hydroxylation is 2. The van der Waals surface area contributed by atoms with Crippen molar-refractivity contribution in [1.82, 2.24) is 15.6 Å². The Morgan fingerprint density at radius 3 is 2.73 bits per heavy atom. The highest BCUT2D eigenvalue weighted by Gasteiger charge is 2.06. The summed E-state index contributed by atoms with van der Waals surface area (Å²) in [6.45, 7) is 7.86. The van der Waals surface area contributed by atoms with Crippen LogP contribution < -0.4 is 10.6 Å². The molecule has 0 bridgehead atoms. The molecule has 0 unspecified atom stereocenters. The lowest BCUT2D eigenvalue weighted by Crippen LogP contribution is -2.36. The molecule has 8 heteroatoms. The van der Waals surface area contributed by atoms with Gasteiger partial charge in [-0.15, -0.1) is 35.3 Å². The number of halogens is 2. The number of hydrogen-bond acceptors (Lipinski definition) is 4. The molecule has 0 aromatic carbocycles. The fraction of sp³-hybridized carbons (Fsp3) is 0.429. The van der Waals surface area contributed by atoms with E-state index in [1.54, 1.807) is 11.3 Å². The second kappa shape index (κ2) is 9.51. The lowest BCUT2D eigenvalue weighted by atomic mass is 10.4. The van der Waals surface area contributed by atoms with Gasteiger partial charge in [0.2, 0.25) is 5.89 Å². The Hall–Kier alpha value is -0.610. The molecule has 5 nitrogen and oxygen atoms in total. The van der Waals surface area contributed by atoms with Crippen molar-refractivity contribution in [3.8, 4) is 0 Å². The predicted molar refractivity (Wildman–Crippen MR) is 105 cm³/mol. The van der Waals surface area contributed by atoms with Gasteiger partial charge in [-0.2, -0.15) is 0 Å². The summed E-state index contributed by atoms with van der Waals surface area (Å²) in [5, 5.41) is 8.58. The van der Waals surface area contributed by atoms with Crippen LogP contribution in [0.25, 0.3) is 0 Å². The molecular formula is C14H20BrIN4OS. The molecule has 0 spiro atoms. The Labute approximate surface area is 160 Å². The Bertz CT molecular complexity index is 607. The second-order valence-corrected chi connectivity index (χ2v) is 6.44. The monoisotopic (exact) mass is 498 g/mol. The highest BCUT2D eigenvalue weighted by molar-refractivity contribution is 14.0. The van der Waals surface area contributed by atoms with Crippen molar-refractivity contribution in [2.45, 2.75) is 33.9 Å². The number of aromatic nitrogens is 1. The molecule has 0 atom stereocenters. The van der Waals surface area contributed by atoms with Gasteiger partial charge in [-0.1, -0.05) is 0 Å². The number of nitrogens with one attached hydrogen (secondary N) is 2. The summed E-state index contributed by atoms with van der Waals surface area (Å²) in [6, 6.07) is 2.10. The first-order chi connectivity index (χ1) is 10.1. The van der Waals surface area contributed by atoms with E-state index in [-0.39, 0.29) is 24.0 Å². The van der Waals surface area contributed by atoms with Crippen LogP contribution in [0.15, 0.2) is 25.3 Å². The third-order valence-corrected chi connectivity index (χ3v) is 4.54. The van der Waals surface area contributed by atoms with Gasteiger partial charge in [-0.05, 0) is 42.8 Å². The van der Waals surface area contributed by atoms with E-state index in [0.717, 1.165) is 35.0 Å². The second-order valence-electron chi connectivity index (χ2n) is 4.53. The number of aliphatic imine (C=N–C) groups is 1. The first-order valence-corrected chi connectivity index (χ1v) is 8.43. The van der Waals surface area contributed by atoms with E-state index in [0.29, 0.717) is 12.4 Å². The normalized spacial score (nSPS) is 11.2. The average Bonchev–Trinajstić information content (AvgIpc) is 3.00. The molecule has 2 aromatic rings. The van der Waals surface area contributed by atoms with Crippen LogP contribution in [0.5, 0.6) is 0 Å². The van der Waals surface area contributed by atoms with E-state index in [9.17, 15) is 0 Å². The molecule has 122 valence electrons. The van der Waals surface area contributed by atoms with Gasteiger partial charge in [0, 0.05) is 21.3 Å². The van der Waals surface area contributed by atoms with E-state index in [1.165, 1.54) is 4.88 Å². The van der Waals surface area contributed by atoms with E-state index in [2.05, 4.69) is 48.0 Å². The molecule has 2 aromatic heterocycles. The van der Waals surface area contributed by atoms with Crippen molar-refractivity contribution in [2.75, 3.05) is 6.54 Å². The van der Waals surface area contributed by atoms with Crippen molar-refractivity contribution in [2.24, 2.45) is 4.99 Å². The zero-order valence-electron chi connectivity index (χ0n) is 12.8. The van der Waals surface area contributed by atoms with Crippen molar-refractivity contribution in [3.05, 3.63) is 38.1 Å². The van der Waals surface area contributed by atoms with Crippen molar-refractivity contribution < 1.29 is 4.42 Å². The number of nitrogens with zero attached hydrogens (tertiary/aromatic N) is 2. The first kappa shape index (κ1) is 19.4. The molecule has 0 saturated carbocycles. The van der Waals surface area contributed by atoms with Crippen molar-refractivity contribution >= 4 is 57.2 Å². The topological polar surface area (TPSA) is 62.5 Å². The highest BCUT2D eigenvalue weighted by Crippen LogP contribution is 2.19. The van der Waals surface area contributed by atoms with Gasteiger partial charge in [0.25, 0.3) is 0 Å². The summed E-state index contributed by atoms with van der Waals surface area (Å²) < 4.78 is 6.64. The van der Waals surface area contributed by atoms with Crippen LogP contribution in [-0.2, 0) is 13.1 Å². The minimum Gasteiger partial charge on any atom is -0.444 e. The molecule has 2 heterocycles. The first-order valence-electron chi connectivity index (χ1n) is 6.76. The SMILES string of the molecule is CCNC(=NCc1nc(C)c(C)o1)NCc1cc(Br)cs1.I. The maximum absolute atomic E-state index is 5.53. The van der Waals surface area contributed by atoms with Gasteiger partial charge in [0.15, 0.2) is 5.96 Å². The Morgan fingerprint density at radius 2 is 2.18 bits per heavy atom. The van der Waals surface area contributed by atoms with Gasteiger partial charge >= 0.3 is 0 Å². The summed E-state index contributed by atoms with van der Waals surface area (Å²) >= 11 is 5.16. The molecule has 0 aliphatic carbocycles. The summed E-state index contributed by atoms with van der Waals surface area (Å²) in [7, 11) is 0. The van der Waals surface area contributed by atoms with Gasteiger partial charge in [0.05, 0.1) is 12.2 Å². The van der Waals surface area contributed by atoms with Crippen LogP contribution in [0.1, 0.15) is 29.1 Å². The average molecular weight is 499 g/mol. The number of thiophene rings is 1. The number of hydrogen-bond donors (Lipinski definition) is 2. The summed E-state index contributed by atoms with van der Waals surface area (Å²) in [5.74, 6) is 2.25. The molecule has 22 heavy (non-hydrogen) atoms. The molecule has 0 aliphatic rings. The van der Waals surface area contributed by atoms with Gasteiger partial charge in [0.1, 0.15) is 12.3 Å². The Kier molecular flexibility index (Phi) is 8.40. The van der Waals surface area contributed by atoms with E-state index >= 15 is 0 Å². The zero-order valence-corrected chi connectivity index (χ0v) is 17.5. The van der Waals surface area contributed by atoms with Crippen LogP contribution >= 0.6 is 51.2 Å². The predicted octanol–water partition coefficient (Wildman–Crippen LogP) is 3.99. The summed E-state index contributed by atoms with van der Waals surface area (Å²) in [4.78, 5) is 10.1. The molecular weight excluding hydrogens is 479 g/mol. The maximum Gasteiger partial charge on any atom is 0.216 e. The molecule has 2 rings (SSSR count). The van der Waals surface area contributed by atoms with Crippen LogP contribution in [-0.4, -0.2) is 17.5 Å². The van der Waals surface area contributed by atoms with Crippen molar-refractivity contribution in [3.63, 3.8) is 0 Å². The minimum absolute atomic E-state index is 0. The Morgan fingerprint density at radius 1 is 1.41 bits per heavy atom.